The number of guanidine groups is 1. The molecule has 2 rings (SSSR count). The Morgan fingerprint density at radius 1 is 1.22 bits per heavy atom. The zero-order valence-corrected chi connectivity index (χ0v) is 14.4. The first-order valence-electron chi connectivity index (χ1n) is 8.43. The minimum atomic E-state index is 0.0233. The molecule has 23 heavy (non-hydrogen) atoms. The fourth-order valence-electron chi connectivity index (χ4n) is 2.32. The maximum atomic E-state index is 11.9. The van der Waals surface area contributed by atoms with Crippen LogP contribution in [0.5, 0.6) is 0 Å². The van der Waals surface area contributed by atoms with Crippen molar-refractivity contribution in [3.63, 3.8) is 0 Å². The van der Waals surface area contributed by atoms with Gasteiger partial charge in [0.25, 0.3) is 5.91 Å². The third-order valence-corrected chi connectivity index (χ3v) is 3.91. The molecule has 0 heterocycles. The number of nitrogens with zero attached hydrogens (tertiary/aromatic N) is 2. The molecule has 1 amide bonds. The molecule has 5 heteroatoms. The lowest BCUT2D eigenvalue weighted by atomic mass is 10.1. The van der Waals surface area contributed by atoms with Gasteiger partial charge in [-0.2, -0.15) is 0 Å². The number of rotatable bonds is 7. The van der Waals surface area contributed by atoms with E-state index in [2.05, 4.69) is 22.5 Å². The highest BCUT2D eigenvalue weighted by Gasteiger charge is 2.20. The largest absolute Gasteiger partial charge is 0.357 e. The van der Waals surface area contributed by atoms with Gasteiger partial charge in [-0.3, -0.25) is 4.79 Å². The molecule has 0 bridgehead atoms. The molecule has 1 saturated carbocycles. The monoisotopic (exact) mass is 316 g/mol. The number of benzene rings is 1. The Kier molecular flexibility index (Phi) is 6.44. The van der Waals surface area contributed by atoms with E-state index < -0.39 is 0 Å². The van der Waals surface area contributed by atoms with Crippen molar-refractivity contribution >= 4 is 11.9 Å². The second-order valence-corrected chi connectivity index (χ2v) is 6.25. The molecule has 0 unspecified atom stereocenters. The van der Waals surface area contributed by atoms with Crippen molar-refractivity contribution in [3.8, 4) is 0 Å². The van der Waals surface area contributed by atoms with E-state index in [4.69, 9.17) is 0 Å². The predicted octanol–water partition coefficient (Wildman–Crippen LogP) is 2.24. The number of aliphatic imine (C=N–C) groups is 1. The molecule has 1 aromatic rings. The van der Waals surface area contributed by atoms with Crippen LogP contribution in [0.2, 0.25) is 0 Å². The quantitative estimate of drug-likeness (QED) is 0.599. The number of amides is 1. The molecule has 1 aliphatic carbocycles. The maximum Gasteiger partial charge on any atom is 0.253 e. The summed E-state index contributed by atoms with van der Waals surface area (Å²) in [7, 11) is 3.52. The molecule has 0 spiro atoms. The van der Waals surface area contributed by atoms with Crippen molar-refractivity contribution in [3.05, 3.63) is 35.4 Å². The third kappa shape index (κ3) is 5.93. The van der Waals surface area contributed by atoms with Gasteiger partial charge in [-0.25, -0.2) is 4.99 Å². The van der Waals surface area contributed by atoms with Gasteiger partial charge in [0.15, 0.2) is 5.96 Å². The van der Waals surface area contributed by atoms with Gasteiger partial charge >= 0.3 is 0 Å². The Morgan fingerprint density at radius 3 is 2.48 bits per heavy atom. The number of hydrogen-bond donors (Lipinski definition) is 2. The van der Waals surface area contributed by atoms with Crippen LogP contribution in [-0.2, 0) is 6.54 Å². The van der Waals surface area contributed by atoms with Crippen LogP contribution in [0.1, 0.15) is 42.1 Å². The summed E-state index contributed by atoms with van der Waals surface area (Å²) < 4.78 is 0. The van der Waals surface area contributed by atoms with Crippen LogP contribution >= 0.6 is 0 Å². The SMILES string of the molecule is CCNC(=NCc1ccc(C(=O)N(C)C)cc1)NCCC1CC1. The van der Waals surface area contributed by atoms with Crippen LogP contribution in [-0.4, -0.2) is 44.0 Å². The van der Waals surface area contributed by atoms with E-state index in [0.717, 1.165) is 30.5 Å². The standard InChI is InChI=1S/C18H28N4O/c1-4-19-18(20-12-11-14-5-6-14)21-13-15-7-9-16(10-8-15)17(23)22(2)3/h7-10,14H,4-6,11-13H2,1-3H3,(H2,19,20,21). The van der Waals surface area contributed by atoms with Gasteiger partial charge in [-0.1, -0.05) is 25.0 Å². The summed E-state index contributed by atoms with van der Waals surface area (Å²) in [4.78, 5) is 18.1. The van der Waals surface area contributed by atoms with E-state index in [9.17, 15) is 4.79 Å². The van der Waals surface area contributed by atoms with Gasteiger partial charge in [0, 0.05) is 32.7 Å². The Morgan fingerprint density at radius 2 is 1.91 bits per heavy atom. The van der Waals surface area contributed by atoms with Crippen LogP contribution in [0.25, 0.3) is 0 Å². The molecule has 0 aliphatic heterocycles. The van der Waals surface area contributed by atoms with Gasteiger partial charge < -0.3 is 15.5 Å². The minimum absolute atomic E-state index is 0.0233. The summed E-state index contributed by atoms with van der Waals surface area (Å²) in [5.74, 6) is 1.81. The lowest BCUT2D eigenvalue weighted by molar-refractivity contribution is 0.0827. The second kappa shape index (κ2) is 8.56. The minimum Gasteiger partial charge on any atom is -0.357 e. The Balaban J connectivity index is 1.88. The first-order valence-corrected chi connectivity index (χ1v) is 8.43. The number of hydrogen-bond acceptors (Lipinski definition) is 2. The number of carbonyl (C=O) groups is 1. The summed E-state index contributed by atoms with van der Waals surface area (Å²) in [6.45, 7) is 4.51. The topological polar surface area (TPSA) is 56.7 Å². The fraction of sp³-hybridized carbons (Fsp3) is 0.556. The highest BCUT2D eigenvalue weighted by atomic mass is 16.2. The summed E-state index contributed by atoms with van der Waals surface area (Å²) in [6, 6.07) is 7.66. The Hall–Kier alpha value is -2.04. The van der Waals surface area contributed by atoms with Crippen molar-refractivity contribution in [2.75, 3.05) is 27.2 Å². The van der Waals surface area contributed by atoms with Crippen LogP contribution in [0, 0.1) is 5.92 Å². The molecule has 0 atom stereocenters. The maximum absolute atomic E-state index is 11.9. The summed E-state index contributed by atoms with van der Waals surface area (Å²) in [5, 5.41) is 6.65. The lowest BCUT2D eigenvalue weighted by Gasteiger charge is -2.12. The third-order valence-electron chi connectivity index (χ3n) is 3.91. The zero-order chi connectivity index (χ0) is 16.7. The Labute approximate surface area is 139 Å². The number of carbonyl (C=O) groups excluding carboxylic acids is 1. The molecule has 5 nitrogen and oxygen atoms in total. The van der Waals surface area contributed by atoms with Gasteiger partial charge in [0.05, 0.1) is 6.54 Å². The molecule has 0 radical (unpaired) electrons. The van der Waals surface area contributed by atoms with Gasteiger partial charge in [-0.05, 0) is 37.0 Å². The smallest absolute Gasteiger partial charge is 0.253 e. The van der Waals surface area contributed by atoms with Crippen molar-refractivity contribution in [1.82, 2.24) is 15.5 Å². The zero-order valence-electron chi connectivity index (χ0n) is 14.4. The highest BCUT2D eigenvalue weighted by molar-refractivity contribution is 5.93. The van der Waals surface area contributed by atoms with Crippen LogP contribution in [0.3, 0.4) is 0 Å². The summed E-state index contributed by atoms with van der Waals surface area (Å²) >= 11 is 0. The van der Waals surface area contributed by atoms with Crippen LogP contribution in [0.4, 0.5) is 0 Å². The average Bonchev–Trinajstić information content (AvgIpc) is 3.36. The van der Waals surface area contributed by atoms with E-state index in [1.807, 2.05) is 24.3 Å². The van der Waals surface area contributed by atoms with E-state index >= 15 is 0 Å². The molecule has 2 N–H and O–H groups in total. The van der Waals surface area contributed by atoms with E-state index in [1.54, 1.807) is 19.0 Å². The first kappa shape index (κ1) is 17.3. The molecule has 1 aromatic carbocycles. The van der Waals surface area contributed by atoms with Gasteiger partial charge in [-0.15, -0.1) is 0 Å². The van der Waals surface area contributed by atoms with Gasteiger partial charge in [0.1, 0.15) is 0 Å². The van der Waals surface area contributed by atoms with E-state index in [-0.39, 0.29) is 5.91 Å². The summed E-state index contributed by atoms with van der Waals surface area (Å²) in [5.41, 5.74) is 1.80. The molecule has 1 aliphatic rings. The average molecular weight is 316 g/mol. The molecular formula is C18H28N4O. The predicted molar refractivity (Wildman–Crippen MR) is 94.6 cm³/mol. The molecule has 1 fully saturated rings. The van der Waals surface area contributed by atoms with E-state index in [1.165, 1.54) is 19.3 Å². The Bertz CT molecular complexity index is 532. The van der Waals surface area contributed by atoms with Crippen molar-refractivity contribution in [1.29, 1.82) is 0 Å². The number of nitrogens with one attached hydrogen (secondary N) is 2. The van der Waals surface area contributed by atoms with Gasteiger partial charge in [0.2, 0.25) is 0 Å². The molecular weight excluding hydrogens is 288 g/mol. The molecule has 126 valence electrons. The van der Waals surface area contributed by atoms with Crippen LogP contribution < -0.4 is 10.6 Å². The van der Waals surface area contributed by atoms with Crippen molar-refractivity contribution in [2.24, 2.45) is 10.9 Å². The van der Waals surface area contributed by atoms with Crippen LogP contribution in [0.15, 0.2) is 29.3 Å². The fourth-order valence-corrected chi connectivity index (χ4v) is 2.32. The van der Waals surface area contributed by atoms with Crippen molar-refractivity contribution < 1.29 is 4.79 Å². The lowest BCUT2D eigenvalue weighted by Crippen LogP contribution is -2.37. The van der Waals surface area contributed by atoms with E-state index in [0.29, 0.717) is 12.1 Å². The summed E-state index contributed by atoms with van der Waals surface area (Å²) in [6.07, 6.45) is 3.99. The second-order valence-electron chi connectivity index (χ2n) is 6.25. The normalized spacial score (nSPS) is 14.5. The van der Waals surface area contributed by atoms with Crippen molar-refractivity contribution in [2.45, 2.75) is 32.7 Å². The first-order chi connectivity index (χ1) is 11.1. The molecule has 0 saturated heterocycles. The molecule has 0 aromatic heterocycles. The highest BCUT2D eigenvalue weighted by Crippen LogP contribution is 2.31.